The van der Waals surface area contributed by atoms with Crippen molar-refractivity contribution in [3.63, 3.8) is 0 Å². The lowest BCUT2D eigenvalue weighted by Gasteiger charge is -2.43. The van der Waals surface area contributed by atoms with Crippen molar-refractivity contribution in [1.82, 2.24) is 10.6 Å². The van der Waals surface area contributed by atoms with E-state index in [1.54, 1.807) is 0 Å². The van der Waals surface area contributed by atoms with Crippen molar-refractivity contribution >= 4 is 5.91 Å². The Morgan fingerprint density at radius 2 is 2.17 bits per heavy atom. The lowest BCUT2D eigenvalue weighted by atomic mass is 9.68. The highest BCUT2D eigenvalue weighted by Gasteiger charge is 2.51. The van der Waals surface area contributed by atoms with Crippen molar-refractivity contribution in [3.8, 4) is 0 Å². The molecule has 1 aliphatic heterocycles. The minimum atomic E-state index is -0.866. The van der Waals surface area contributed by atoms with Gasteiger partial charge < -0.3 is 15.2 Å². The van der Waals surface area contributed by atoms with Crippen LogP contribution in [-0.2, 0) is 9.53 Å². The molecule has 1 aliphatic carbocycles. The summed E-state index contributed by atoms with van der Waals surface area (Å²) in [5, 5.41) is 15.2. The SMILES string of the molecule is CC(C)(C)CCNC(=O)[C@H]1C[C@]2(COC(O)N2)C1. The molecule has 18 heavy (non-hydrogen) atoms. The Kier molecular flexibility index (Phi) is 3.67. The van der Waals surface area contributed by atoms with Gasteiger partial charge in [-0.15, -0.1) is 0 Å². The number of hydrogen-bond donors (Lipinski definition) is 3. The van der Waals surface area contributed by atoms with Crippen LogP contribution in [0.3, 0.4) is 0 Å². The second kappa shape index (κ2) is 4.79. The zero-order valence-corrected chi connectivity index (χ0v) is 11.5. The van der Waals surface area contributed by atoms with Crippen LogP contribution in [0, 0.1) is 11.3 Å². The van der Waals surface area contributed by atoms with Crippen molar-refractivity contribution in [3.05, 3.63) is 0 Å². The van der Waals surface area contributed by atoms with Crippen molar-refractivity contribution in [2.75, 3.05) is 13.2 Å². The van der Waals surface area contributed by atoms with Crippen molar-refractivity contribution < 1.29 is 14.6 Å². The molecule has 0 aromatic carbocycles. The van der Waals surface area contributed by atoms with Gasteiger partial charge in [0.2, 0.25) is 12.3 Å². The van der Waals surface area contributed by atoms with Gasteiger partial charge in [-0.25, -0.2) is 0 Å². The molecule has 2 fully saturated rings. The van der Waals surface area contributed by atoms with Gasteiger partial charge >= 0.3 is 0 Å². The molecule has 104 valence electrons. The van der Waals surface area contributed by atoms with Gasteiger partial charge in [-0.1, -0.05) is 20.8 Å². The first-order chi connectivity index (χ1) is 8.30. The van der Waals surface area contributed by atoms with E-state index in [-0.39, 0.29) is 22.8 Å². The van der Waals surface area contributed by atoms with Crippen LogP contribution >= 0.6 is 0 Å². The van der Waals surface area contributed by atoms with E-state index in [9.17, 15) is 9.90 Å². The second-order valence-corrected chi connectivity index (χ2v) is 6.79. The molecular formula is C13H24N2O3. The summed E-state index contributed by atoms with van der Waals surface area (Å²) in [6.45, 7) is 7.73. The molecule has 5 heteroatoms. The van der Waals surface area contributed by atoms with Crippen molar-refractivity contribution in [2.24, 2.45) is 11.3 Å². The highest BCUT2D eigenvalue weighted by atomic mass is 16.6. The van der Waals surface area contributed by atoms with Crippen LogP contribution in [0.5, 0.6) is 0 Å². The Bertz CT molecular complexity index is 319. The van der Waals surface area contributed by atoms with E-state index < -0.39 is 6.41 Å². The Morgan fingerprint density at radius 1 is 1.50 bits per heavy atom. The van der Waals surface area contributed by atoms with Gasteiger partial charge in [-0.3, -0.25) is 10.1 Å². The molecule has 0 aromatic rings. The molecule has 1 heterocycles. The van der Waals surface area contributed by atoms with Crippen LogP contribution in [0.15, 0.2) is 0 Å². The van der Waals surface area contributed by atoms with E-state index in [1.165, 1.54) is 0 Å². The summed E-state index contributed by atoms with van der Waals surface area (Å²) in [5.41, 5.74) is 0.0878. The monoisotopic (exact) mass is 256 g/mol. The maximum Gasteiger partial charge on any atom is 0.223 e. The fraction of sp³-hybridized carbons (Fsp3) is 0.923. The first-order valence-electron chi connectivity index (χ1n) is 6.65. The summed E-state index contributed by atoms with van der Waals surface area (Å²) in [6, 6.07) is 0. The summed E-state index contributed by atoms with van der Waals surface area (Å²) in [7, 11) is 0. The molecule has 0 aromatic heterocycles. The minimum Gasteiger partial charge on any atom is -0.356 e. The lowest BCUT2D eigenvalue weighted by Crippen LogP contribution is -2.58. The number of ether oxygens (including phenoxy) is 1. The van der Waals surface area contributed by atoms with Crippen LogP contribution in [0.25, 0.3) is 0 Å². The van der Waals surface area contributed by atoms with Crippen LogP contribution < -0.4 is 10.6 Å². The number of amides is 1. The largest absolute Gasteiger partial charge is 0.356 e. The summed E-state index contributed by atoms with van der Waals surface area (Å²) in [4.78, 5) is 11.9. The first-order valence-corrected chi connectivity index (χ1v) is 6.65. The van der Waals surface area contributed by atoms with Gasteiger partial charge in [-0.2, -0.15) is 0 Å². The average Bonchev–Trinajstić information content (AvgIpc) is 2.56. The van der Waals surface area contributed by atoms with E-state index in [0.717, 1.165) is 25.8 Å². The number of aliphatic hydroxyl groups excluding tert-OH is 1. The fourth-order valence-electron chi connectivity index (χ4n) is 2.59. The highest BCUT2D eigenvalue weighted by Crippen LogP contribution is 2.41. The Morgan fingerprint density at radius 3 is 2.67 bits per heavy atom. The third-order valence-electron chi connectivity index (χ3n) is 3.77. The summed E-state index contributed by atoms with van der Waals surface area (Å²) in [6.07, 6.45) is 1.63. The fourth-order valence-corrected chi connectivity index (χ4v) is 2.59. The summed E-state index contributed by atoms with van der Waals surface area (Å²) >= 11 is 0. The molecule has 5 nitrogen and oxygen atoms in total. The standard InChI is InChI=1S/C13H24N2O3/c1-12(2,3)4-5-14-10(16)9-6-13(7-9)8-18-11(17)15-13/h9,11,15,17H,4-8H2,1-3H3,(H,14,16)/t9-,11?,13+. The molecule has 0 bridgehead atoms. The van der Waals surface area contributed by atoms with E-state index in [4.69, 9.17) is 4.74 Å². The molecule has 1 atom stereocenters. The molecular weight excluding hydrogens is 232 g/mol. The quantitative estimate of drug-likeness (QED) is 0.691. The third kappa shape index (κ3) is 3.22. The van der Waals surface area contributed by atoms with Gasteiger partial charge in [0.1, 0.15) is 0 Å². The van der Waals surface area contributed by atoms with Crippen molar-refractivity contribution in [2.45, 2.75) is 52.0 Å². The van der Waals surface area contributed by atoms with Crippen molar-refractivity contribution in [1.29, 1.82) is 0 Å². The molecule has 2 aliphatic rings. The Hall–Kier alpha value is -0.650. The predicted molar refractivity (Wildman–Crippen MR) is 67.6 cm³/mol. The van der Waals surface area contributed by atoms with Crippen LogP contribution in [0.2, 0.25) is 0 Å². The smallest absolute Gasteiger partial charge is 0.223 e. The van der Waals surface area contributed by atoms with E-state index in [1.807, 2.05) is 0 Å². The number of nitrogens with one attached hydrogen (secondary N) is 2. The lowest BCUT2D eigenvalue weighted by molar-refractivity contribution is -0.130. The van der Waals surface area contributed by atoms with Gasteiger partial charge in [0.15, 0.2) is 0 Å². The van der Waals surface area contributed by atoms with Gasteiger partial charge in [0, 0.05) is 18.0 Å². The molecule has 1 spiro atoms. The zero-order chi connectivity index (χ0) is 13.4. The Balaban J connectivity index is 1.67. The molecule has 3 N–H and O–H groups in total. The molecule has 2 rings (SSSR count). The number of carbonyl (C=O) groups is 1. The molecule has 1 unspecified atom stereocenters. The van der Waals surface area contributed by atoms with E-state index >= 15 is 0 Å². The molecule has 1 saturated carbocycles. The summed E-state index contributed by atoms with van der Waals surface area (Å²) in [5.74, 6) is 0.194. The summed E-state index contributed by atoms with van der Waals surface area (Å²) < 4.78 is 5.08. The minimum absolute atomic E-state index is 0.0615. The van der Waals surface area contributed by atoms with Crippen LogP contribution in [0.4, 0.5) is 0 Å². The van der Waals surface area contributed by atoms with Gasteiger partial charge in [-0.05, 0) is 24.7 Å². The van der Waals surface area contributed by atoms with Crippen LogP contribution in [0.1, 0.15) is 40.0 Å². The first kappa shape index (κ1) is 13.8. The number of aliphatic hydroxyl groups is 1. The van der Waals surface area contributed by atoms with Gasteiger partial charge in [0.25, 0.3) is 0 Å². The average molecular weight is 256 g/mol. The highest BCUT2D eigenvalue weighted by molar-refractivity contribution is 5.80. The number of rotatable bonds is 3. The predicted octanol–water partition coefficient (Wildman–Crippen LogP) is 0.583. The van der Waals surface area contributed by atoms with Gasteiger partial charge in [0.05, 0.1) is 6.61 Å². The van der Waals surface area contributed by atoms with Crippen LogP contribution in [-0.4, -0.2) is 36.1 Å². The topological polar surface area (TPSA) is 70.6 Å². The maximum atomic E-state index is 11.9. The number of carbonyl (C=O) groups excluding carboxylic acids is 1. The number of hydrogen-bond acceptors (Lipinski definition) is 4. The Labute approximate surface area is 108 Å². The zero-order valence-electron chi connectivity index (χ0n) is 11.5. The maximum absolute atomic E-state index is 11.9. The molecule has 0 radical (unpaired) electrons. The molecule has 1 saturated heterocycles. The normalized spacial score (nSPS) is 35.6. The molecule has 1 amide bonds. The second-order valence-electron chi connectivity index (χ2n) is 6.79. The van der Waals surface area contributed by atoms with E-state index in [0.29, 0.717) is 6.61 Å². The van der Waals surface area contributed by atoms with E-state index in [2.05, 4.69) is 31.4 Å². The third-order valence-corrected chi connectivity index (χ3v) is 3.77.